The zero-order chi connectivity index (χ0) is 18.9. The highest BCUT2D eigenvalue weighted by Crippen LogP contribution is 2.28. The van der Waals surface area contributed by atoms with Gasteiger partial charge < -0.3 is 10.4 Å². The third-order valence-corrected chi connectivity index (χ3v) is 5.54. The molecule has 2 N–H and O–H groups in total. The van der Waals surface area contributed by atoms with E-state index in [1.165, 1.54) is 16.8 Å². The minimum Gasteiger partial charge on any atom is -0.480 e. The van der Waals surface area contributed by atoms with E-state index < -0.39 is 23.2 Å². The number of halogens is 1. The van der Waals surface area contributed by atoms with Crippen LogP contribution in [0, 0.1) is 19.7 Å². The number of carboxylic acids is 1. The average Bonchev–Trinajstić information content (AvgIpc) is 2.93. The zero-order valence-electron chi connectivity index (χ0n) is 14.6. The lowest BCUT2D eigenvalue weighted by atomic mass is 9.92. The van der Waals surface area contributed by atoms with E-state index in [2.05, 4.69) is 10.4 Å². The molecule has 8 heteroatoms. The molecule has 0 radical (unpaired) electrons. The SMILES string of the molecule is Cc1cc(C)n(-c2ccc(C(=O)NC3(C(=O)O)CCSCC3)cc2F)n1. The van der Waals surface area contributed by atoms with E-state index in [1.807, 2.05) is 19.9 Å². The van der Waals surface area contributed by atoms with E-state index in [4.69, 9.17) is 0 Å². The predicted molar refractivity (Wildman–Crippen MR) is 97.4 cm³/mol. The summed E-state index contributed by atoms with van der Waals surface area (Å²) >= 11 is 1.66. The van der Waals surface area contributed by atoms with Crippen LogP contribution in [-0.2, 0) is 4.79 Å². The van der Waals surface area contributed by atoms with Gasteiger partial charge in [-0.2, -0.15) is 16.9 Å². The van der Waals surface area contributed by atoms with Crippen molar-refractivity contribution in [1.29, 1.82) is 0 Å². The Bertz CT molecular complexity index is 859. The van der Waals surface area contributed by atoms with Crippen molar-refractivity contribution in [3.8, 4) is 5.69 Å². The molecular weight excluding hydrogens is 357 g/mol. The summed E-state index contributed by atoms with van der Waals surface area (Å²) in [6.07, 6.45) is 0.704. The molecule has 0 unspecified atom stereocenters. The number of hydrogen-bond acceptors (Lipinski definition) is 4. The molecule has 138 valence electrons. The van der Waals surface area contributed by atoms with Crippen LogP contribution in [0.2, 0.25) is 0 Å². The number of benzene rings is 1. The molecule has 0 aliphatic carbocycles. The van der Waals surface area contributed by atoms with Gasteiger partial charge in [-0.15, -0.1) is 0 Å². The topological polar surface area (TPSA) is 84.2 Å². The van der Waals surface area contributed by atoms with Gasteiger partial charge in [-0.25, -0.2) is 13.9 Å². The van der Waals surface area contributed by atoms with Crippen molar-refractivity contribution in [2.24, 2.45) is 0 Å². The third-order valence-electron chi connectivity index (χ3n) is 4.56. The molecule has 0 bridgehead atoms. The highest BCUT2D eigenvalue weighted by Gasteiger charge is 2.41. The van der Waals surface area contributed by atoms with Crippen molar-refractivity contribution in [1.82, 2.24) is 15.1 Å². The Morgan fingerprint density at radius 3 is 2.50 bits per heavy atom. The fourth-order valence-corrected chi connectivity index (χ4v) is 4.28. The Morgan fingerprint density at radius 1 is 1.27 bits per heavy atom. The molecule has 26 heavy (non-hydrogen) atoms. The predicted octanol–water partition coefficient (Wildman–Crippen LogP) is 2.71. The summed E-state index contributed by atoms with van der Waals surface area (Å²) in [7, 11) is 0. The van der Waals surface area contributed by atoms with Gasteiger partial charge in [0.25, 0.3) is 5.91 Å². The maximum atomic E-state index is 14.6. The number of aliphatic carboxylic acids is 1. The fraction of sp³-hybridized carbons (Fsp3) is 0.389. The zero-order valence-corrected chi connectivity index (χ0v) is 15.4. The standard InChI is InChI=1S/C18H20FN3O3S/c1-11-9-12(2)22(21-11)15-4-3-13(10-14(15)19)16(23)20-18(17(24)25)5-7-26-8-6-18/h3-4,9-10H,5-8H2,1-2H3,(H,20,23)(H,24,25). The summed E-state index contributed by atoms with van der Waals surface area (Å²) in [5.74, 6) is -0.897. The second kappa shape index (κ2) is 7.11. The molecular formula is C18H20FN3O3S. The number of nitrogens with zero attached hydrogens (tertiary/aromatic N) is 2. The molecule has 0 spiro atoms. The lowest BCUT2D eigenvalue weighted by Crippen LogP contribution is -2.56. The summed E-state index contributed by atoms with van der Waals surface area (Å²) in [5, 5.41) is 16.4. The molecule has 1 amide bonds. The lowest BCUT2D eigenvalue weighted by Gasteiger charge is -2.33. The first-order valence-electron chi connectivity index (χ1n) is 8.29. The highest BCUT2D eigenvalue weighted by molar-refractivity contribution is 7.99. The van der Waals surface area contributed by atoms with Crippen LogP contribution in [0.4, 0.5) is 4.39 Å². The van der Waals surface area contributed by atoms with E-state index in [0.717, 1.165) is 17.5 Å². The van der Waals surface area contributed by atoms with Gasteiger partial charge in [0.05, 0.1) is 5.69 Å². The number of carbonyl (C=O) groups is 2. The Morgan fingerprint density at radius 2 is 1.96 bits per heavy atom. The molecule has 2 aromatic rings. The second-order valence-corrected chi connectivity index (χ2v) is 7.68. The number of thioether (sulfide) groups is 1. The monoisotopic (exact) mass is 377 g/mol. The van der Waals surface area contributed by atoms with Crippen molar-refractivity contribution < 1.29 is 19.1 Å². The Hall–Kier alpha value is -2.35. The number of aromatic nitrogens is 2. The number of rotatable bonds is 4. The van der Waals surface area contributed by atoms with Crippen LogP contribution in [0.3, 0.4) is 0 Å². The summed E-state index contributed by atoms with van der Waals surface area (Å²) in [6, 6.07) is 5.91. The number of hydrogen-bond donors (Lipinski definition) is 2. The van der Waals surface area contributed by atoms with Crippen molar-refractivity contribution in [2.75, 3.05) is 11.5 Å². The summed E-state index contributed by atoms with van der Waals surface area (Å²) in [5.41, 5.74) is 0.596. The largest absolute Gasteiger partial charge is 0.480 e. The van der Waals surface area contributed by atoms with Crippen molar-refractivity contribution in [3.63, 3.8) is 0 Å². The normalized spacial score (nSPS) is 16.3. The fourth-order valence-electron chi connectivity index (χ4n) is 3.09. The molecule has 6 nitrogen and oxygen atoms in total. The van der Waals surface area contributed by atoms with Gasteiger partial charge in [-0.05, 0) is 62.5 Å². The van der Waals surface area contributed by atoms with E-state index in [9.17, 15) is 19.1 Å². The molecule has 1 fully saturated rings. The number of amides is 1. The number of carboxylic acid groups (broad SMARTS) is 1. The van der Waals surface area contributed by atoms with E-state index in [1.54, 1.807) is 11.8 Å². The minimum absolute atomic E-state index is 0.0895. The first-order chi connectivity index (χ1) is 12.3. The van der Waals surface area contributed by atoms with Gasteiger partial charge in [0, 0.05) is 11.3 Å². The van der Waals surface area contributed by atoms with E-state index in [-0.39, 0.29) is 11.3 Å². The molecule has 2 heterocycles. The van der Waals surface area contributed by atoms with Crippen molar-refractivity contribution in [2.45, 2.75) is 32.2 Å². The van der Waals surface area contributed by atoms with Crippen LogP contribution in [0.5, 0.6) is 0 Å². The third kappa shape index (κ3) is 3.46. The van der Waals surface area contributed by atoms with Gasteiger partial charge in [0.2, 0.25) is 0 Å². The van der Waals surface area contributed by atoms with Gasteiger partial charge in [-0.1, -0.05) is 0 Å². The molecule has 0 atom stereocenters. The molecule has 1 saturated heterocycles. The minimum atomic E-state index is -1.28. The Balaban J connectivity index is 1.85. The van der Waals surface area contributed by atoms with Crippen LogP contribution < -0.4 is 5.32 Å². The van der Waals surface area contributed by atoms with Crippen LogP contribution in [0.1, 0.15) is 34.6 Å². The second-order valence-electron chi connectivity index (χ2n) is 6.46. The summed E-state index contributed by atoms with van der Waals surface area (Å²) in [6.45, 7) is 3.63. The lowest BCUT2D eigenvalue weighted by molar-refractivity contribution is -0.144. The van der Waals surface area contributed by atoms with Crippen LogP contribution in [0.25, 0.3) is 5.69 Å². The van der Waals surface area contributed by atoms with Crippen LogP contribution in [-0.4, -0.2) is 43.8 Å². The number of aryl methyl sites for hydroxylation is 2. The van der Waals surface area contributed by atoms with E-state index in [0.29, 0.717) is 24.3 Å². The average molecular weight is 377 g/mol. The van der Waals surface area contributed by atoms with Gasteiger partial charge in [-0.3, -0.25) is 4.79 Å². The van der Waals surface area contributed by atoms with Gasteiger partial charge >= 0.3 is 5.97 Å². The van der Waals surface area contributed by atoms with Gasteiger partial charge in [0.15, 0.2) is 0 Å². The molecule has 3 rings (SSSR count). The summed E-state index contributed by atoms with van der Waals surface area (Å²) < 4.78 is 16.0. The first-order valence-corrected chi connectivity index (χ1v) is 9.45. The Labute approximate surface area is 154 Å². The van der Waals surface area contributed by atoms with Crippen LogP contribution in [0.15, 0.2) is 24.3 Å². The molecule has 1 aliphatic rings. The van der Waals surface area contributed by atoms with Crippen LogP contribution >= 0.6 is 11.8 Å². The summed E-state index contributed by atoms with van der Waals surface area (Å²) in [4.78, 5) is 24.2. The highest BCUT2D eigenvalue weighted by atomic mass is 32.2. The maximum absolute atomic E-state index is 14.6. The number of nitrogens with one attached hydrogen (secondary N) is 1. The smallest absolute Gasteiger partial charge is 0.329 e. The molecule has 1 aromatic heterocycles. The number of carbonyl (C=O) groups excluding carboxylic acids is 1. The van der Waals surface area contributed by atoms with Gasteiger partial charge in [0.1, 0.15) is 17.0 Å². The van der Waals surface area contributed by atoms with E-state index >= 15 is 0 Å². The molecule has 1 aromatic carbocycles. The molecule has 0 saturated carbocycles. The first kappa shape index (κ1) is 18.4. The van der Waals surface area contributed by atoms with Crippen molar-refractivity contribution in [3.05, 3.63) is 47.0 Å². The van der Waals surface area contributed by atoms with Crippen molar-refractivity contribution >= 4 is 23.6 Å². The molecule has 1 aliphatic heterocycles. The Kier molecular flexibility index (Phi) is 5.04. The maximum Gasteiger partial charge on any atom is 0.329 e. The quantitative estimate of drug-likeness (QED) is 0.856.